The molecule has 2 nitrogen and oxygen atoms in total. The predicted octanol–water partition coefficient (Wildman–Crippen LogP) is 8.13. The van der Waals surface area contributed by atoms with Crippen LogP contribution in [0, 0.1) is 0 Å². The summed E-state index contributed by atoms with van der Waals surface area (Å²) in [6.07, 6.45) is 13.6. The third kappa shape index (κ3) is 3.44. The summed E-state index contributed by atoms with van der Waals surface area (Å²) in [4.78, 5) is 0. The summed E-state index contributed by atoms with van der Waals surface area (Å²) >= 11 is 0. The number of fused-ring (bicyclic) bond motifs is 2. The molecular weight excluding hydrogens is 392 g/mol. The summed E-state index contributed by atoms with van der Waals surface area (Å²) in [5.74, 6) is 4.10. The van der Waals surface area contributed by atoms with Crippen molar-refractivity contribution in [3.8, 4) is 22.6 Å². The van der Waals surface area contributed by atoms with Crippen LogP contribution in [0.25, 0.3) is 34.8 Å². The average molecular weight is 421 g/mol. The largest absolute Gasteiger partial charge is 0.456 e. The zero-order valence-corrected chi connectivity index (χ0v) is 18.4. The normalized spacial score (nSPS) is 15.6. The van der Waals surface area contributed by atoms with Crippen molar-refractivity contribution >= 4 is 12.2 Å². The van der Waals surface area contributed by atoms with Gasteiger partial charge in [0.1, 0.15) is 23.0 Å². The Kier molecular flexibility index (Phi) is 5.07. The molecule has 2 aromatic carbocycles. The van der Waals surface area contributed by atoms with E-state index in [1.165, 1.54) is 59.1 Å². The summed E-state index contributed by atoms with van der Waals surface area (Å²) in [7, 11) is 0. The number of benzene rings is 2. The second kappa shape index (κ2) is 8.35. The predicted molar refractivity (Wildman–Crippen MR) is 130 cm³/mol. The molecule has 6 rings (SSSR count). The molecule has 0 spiro atoms. The van der Waals surface area contributed by atoms with Crippen LogP contribution in [0.15, 0.2) is 69.5 Å². The first-order valence-electron chi connectivity index (χ1n) is 12.0. The fourth-order valence-corrected chi connectivity index (χ4v) is 5.39. The molecule has 2 aliphatic carbocycles. The fourth-order valence-electron chi connectivity index (χ4n) is 5.39. The Morgan fingerprint density at radius 2 is 0.844 bits per heavy atom. The van der Waals surface area contributed by atoms with Gasteiger partial charge >= 0.3 is 0 Å². The first-order chi connectivity index (χ1) is 15.9. The zero-order chi connectivity index (χ0) is 21.3. The maximum atomic E-state index is 6.48. The molecule has 0 unspecified atom stereocenters. The number of hydrogen-bond acceptors (Lipinski definition) is 2. The molecule has 0 saturated carbocycles. The van der Waals surface area contributed by atoms with Gasteiger partial charge in [-0.15, -0.1) is 0 Å². The molecule has 0 atom stereocenters. The lowest BCUT2D eigenvalue weighted by atomic mass is 9.90. The van der Waals surface area contributed by atoms with Gasteiger partial charge in [-0.3, -0.25) is 0 Å². The van der Waals surface area contributed by atoms with Crippen molar-refractivity contribution in [2.45, 2.75) is 51.4 Å². The highest BCUT2D eigenvalue weighted by Crippen LogP contribution is 2.39. The van der Waals surface area contributed by atoms with Crippen LogP contribution >= 0.6 is 0 Å². The molecule has 0 saturated heterocycles. The summed E-state index contributed by atoms with van der Waals surface area (Å²) in [6.45, 7) is 0. The third-order valence-corrected chi connectivity index (χ3v) is 6.96. The highest BCUT2D eigenvalue weighted by atomic mass is 16.3. The van der Waals surface area contributed by atoms with Gasteiger partial charge < -0.3 is 8.83 Å². The van der Waals surface area contributed by atoms with Crippen molar-refractivity contribution in [2.75, 3.05) is 0 Å². The maximum absolute atomic E-state index is 6.48. The van der Waals surface area contributed by atoms with E-state index in [1.54, 1.807) is 0 Å². The lowest BCUT2D eigenvalue weighted by Gasteiger charge is -2.12. The minimum atomic E-state index is 1.00. The van der Waals surface area contributed by atoms with Gasteiger partial charge in [0, 0.05) is 33.4 Å². The number of furan rings is 2. The molecule has 0 aliphatic heterocycles. The molecule has 2 heterocycles. The molecule has 0 radical (unpaired) electrons. The Balaban J connectivity index is 1.41. The molecular formula is C30H28O2. The average Bonchev–Trinajstić information content (AvgIpc) is 3.43. The van der Waals surface area contributed by atoms with Crippen molar-refractivity contribution in [1.29, 1.82) is 0 Å². The second-order valence-corrected chi connectivity index (χ2v) is 8.98. The molecule has 2 heteroatoms. The maximum Gasteiger partial charge on any atom is 0.138 e. The van der Waals surface area contributed by atoms with Crippen LogP contribution in [0.3, 0.4) is 0 Å². The SMILES string of the molecule is C(=C\c1oc(-c2ccccc2)c2c1CCCC2)/c1oc(-c2ccccc2)c2c1CCCC2. The standard InChI is InChI=1S/C30H28O2/c1-3-11-21(12-4-1)29-25-17-9-7-15-23(25)27(31-29)19-20-28-24-16-8-10-18-26(24)30(32-28)22-13-5-2-6-14-22/h1-6,11-14,19-20H,7-10,15-18H2/b20-19+. The molecule has 160 valence electrons. The first-order valence-corrected chi connectivity index (χ1v) is 12.0. The molecule has 2 aliphatic rings. The molecule has 4 aromatic rings. The van der Waals surface area contributed by atoms with Crippen molar-refractivity contribution in [3.63, 3.8) is 0 Å². The van der Waals surface area contributed by atoms with E-state index in [0.717, 1.165) is 48.7 Å². The quantitative estimate of drug-likeness (QED) is 0.333. The van der Waals surface area contributed by atoms with Crippen LogP contribution in [0.1, 0.15) is 59.5 Å². The van der Waals surface area contributed by atoms with Gasteiger partial charge in [-0.2, -0.15) is 0 Å². The molecule has 0 amide bonds. The summed E-state index contributed by atoms with van der Waals surface area (Å²) in [5.41, 5.74) is 7.91. The van der Waals surface area contributed by atoms with Gasteiger partial charge in [-0.25, -0.2) is 0 Å². The molecule has 32 heavy (non-hydrogen) atoms. The first kappa shape index (κ1) is 19.4. The smallest absolute Gasteiger partial charge is 0.138 e. The van der Waals surface area contributed by atoms with E-state index >= 15 is 0 Å². The molecule has 0 bridgehead atoms. The molecule has 2 aromatic heterocycles. The van der Waals surface area contributed by atoms with E-state index in [1.807, 2.05) is 0 Å². The van der Waals surface area contributed by atoms with Crippen molar-refractivity contribution < 1.29 is 8.83 Å². The van der Waals surface area contributed by atoms with Gasteiger partial charge in [0.2, 0.25) is 0 Å². The molecule has 0 N–H and O–H groups in total. The monoisotopic (exact) mass is 420 g/mol. The minimum Gasteiger partial charge on any atom is -0.456 e. The zero-order valence-electron chi connectivity index (χ0n) is 18.4. The van der Waals surface area contributed by atoms with Gasteiger partial charge in [0.25, 0.3) is 0 Å². The van der Waals surface area contributed by atoms with Crippen LogP contribution in [0.5, 0.6) is 0 Å². The summed E-state index contributed by atoms with van der Waals surface area (Å²) in [6, 6.07) is 21.1. The van der Waals surface area contributed by atoms with Gasteiger partial charge in [0.05, 0.1) is 0 Å². The lowest BCUT2D eigenvalue weighted by Crippen LogP contribution is -2.01. The van der Waals surface area contributed by atoms with Crippen molar-refractivity contribution in [2.24, 2.45) is 0 Å². The van der Waals surface area contributed by atoms with Crippen molar-refractivity contribution in [3.05, 3.63) is 94.4 Å². The lowest BCUT2D eigenvalue weighted by molar-refractivity contribution is 0.562. The summed E-state index contributed by atoms with van der Waals surface area (Å²) in [5, 5.41) is 0. The molecule has 0 fully saturated rings. The van der Waals surface area contributed by atoms with Crippen molar-refractivity contribution in [1.82, 2.24) is 0 Å². The minimum absolute atomic E-state index is 1.00. The highest BCUT2D eigenvalue weighted by Gasteiger charge is 2.24. The topological polar surface area (TPSA) is 26.3 Å². The Morgan fingerprint density at radius 1 is 0.469 bits per heavy atom. The number of hydrogen-bond donors (Lipinski definition) is 0. The van der Waals surface area contributed by atoms with Crippen LogP contribution < -0.4 is 0 Å². The highest BCUT2D eigenvalue weighted by molar-refractivity contribution is 5.76. The Labute approximate surface area is 189 Å². The van der Waals surface area contributed by atoms with Crippen LogP contribution in [0.2, 0.25) is 0 Å². The van der Waals surface area contributed by atoms with E-state index in [0.29, 0.717) is 0 Å². The van der Waals surface area contributed by atoms with E-state index in [2.05, 4.69) is 72.8 Å². The van der Waals surface area contributed by atoms with E-state index in [4.69, 9.17) is 8.83 Å². The van der Waals surface area contributed by atoms with Crippen LogP contribution in [0.4, 0.5) is 0 Å². The third-order valence-electron chi connectivity index (χ3n) is 6.96. The Hall–Kier alpha value is -3.26. The van der Waals surface area contributed by atoms with Crippen LogP contribution in [-0.4, -0.2) is 0 Å². The number of rotatable bonds is 4. The summed E-state index contributed by atoms with van der Waals surface area (Å²) < 4.78 is 13.0. The Morgan fingerprint density at radius 3 is 1.25 bits per heavy atom. The van der Waals surface area contributed by atoms with Gasteiger partial charge in [0.15, 0.2) is 0 Å². The van der Waals surface area contributed by atoms with E-state index in [-0.39, 0.29) is 0 Å². The second-order valence-electron chi connectivity index (χ2n) is 8.98. The van der Waals surface area contributed by atoms with Gasteiger partial charge in [-0.05, 0) is 63.5 Å². The van der Waals surface area contributed by atoms with E-state index < -0.39 is 0 Å². The van der Waals surface area contributed by atoms with Crippen LogP contribution in [-0.2, 0) is 25.7 Å². The van der Waals surface area contributed by atoms with Gasteiger partial charge in [-0.1, -0.05) is 60.7 Å². The Bertz CT molecular complexity index is 1160. The fraction of sp³-hybridized carbons (Fsp3) is 0.267. The van der Waals surface area contributed by atoms with E-state index in [9.17, 15) is 0 Å².